The maximum atomic E-state index is 12.9. The molecule has 29 heavy (non-hydrogen) atoms. The average Bonchev–Trinajstić information content (AvgIpc) is 3.05. The lowest BCUT2D eigenvalue weighted by Gasteiger charge is -2.21. The Bertz CT molecular complexity index is 1120. The molecule has 0 aliphatic carbocycles. The van der Waals surface area contributed by atoms with Gasteiger partial charge in [0.15, 0.2) is 0 Å². The zero-order valence-corrected chi connectivity index (χ0v) is 18.5. The summed E-state index contributed by atoms with van der Waals surface area (Å²) < 4.78 is 29.2. The summed E-state index contributed by atoms with van der Waals surface area (Å²) in [7, 11) is -3.87. The van der Waals surface area contributed by atoms with Crippen LogP contribution in [-0.2, 0) is 21.2 Å². The largest absolute Gasteiger partial charge is 0.325 e. The summed E-state index contributed by atoms with van der Waals surface area (Å²) in [5, 5.41) is 3.68. The van der Waals surface area contributed by atoms with E-state index in [1.54, 1.807) is 12.1 Å². The Labute approximate surface area is 175 Å². The molecule has 0 saturated carbocycles. The van der Waals surface area contributed by atoms with Crippen molar-refractivity contribution in [2.24, 2.45) is 5.92 Å². The summed E-state index contributed by atoms with van der Waals surface area (Å²) >= 11 is 1.44. The van der Waals surface area contributed by atoms with E-state index < -0.39 is 16.1 Å². The zero-order chi connectivity index (χ0) is 21.2. The molecule has 0 fully saturated rings. The number of fused-ring (bicyclic) bond motifs is 1. The third-order valence-electron chi connectivity index (χ3n) is 4.64. The van der Waals surface area contributed by atoms with Gasteiger partial charge in [-0.3, -0.25) is 4.79 Å². The molecule has 0 saturated heterocycles. The van der Waals surface area contributed by atoms with Crippen molar-refractivity contribution in [3.05, 3.63) is 53.0 Å². The van der Waals surface area contributed by atoms with Crippen LogP contribution in [0.25, 0.3) is 10.2 Å². The van der Waals surface area contributed by atoms with E-state index in [1.807, 2.05) is 45.0 Å². The van der Waals surface area contributed by atoms with Gasteiger partial charge in [0.25, 0.3) is 0 Å². The standard InChI is InChI=1S/C21H25N3O3S2/c1-5-15-6-8-16(9-7-15)23-21(25)20(13(2)3)24-29(26,27)17-10-11-18-19(12-17)28-14(4)22-18/h6-13,20,24H,5H2,1-4H3,(H,23,25)/t20-/m0/s1. The Hall–Kier alpha value is -2.29. The average molecular weight is 432 g/mol. The predicted octanol–water partition coefficient (Wildman–Crippen LogP) is 4.11. The zero-order valence-electron chi connectivity index (χ0n) is 16.9. The van der Waals surface area contributed by atoms with Crippen molar-refractivity contribution in [2.45, 2.75) is 45.1 Å². The van der Waals surface area contributed by atoms with E-state index >= 15 is 0 Å². The molecule has 0 unspecified atom stereocenters. The highest BCUT2D eigenvalue weighted by atomic mass is 32.2. The van der Waals surface area contributed by atoms with Gasteiger partial charge in [-0.05, 0) is 55.2 Å². The van der Waals surface area contributed by atoms with Gasteiger partial charge in [-0.1, -0.05) is 32.9 Å². The summed E-state index contributed by atoms with van der Waals surface area (Å²) in [5.74, 6) is -0.614. The van der Waals surface area contributed by atoms with E-state index in [-0.39, 0.29) is 16.7 Å². The number of thiazole rings is 1. The number of amides is 1. The number of carbonyl (C=O) groups excluding carboxylic acids is 1. The first-order valence-corrected chi connectivity index (χ1v) is 11.8. The van der Waals surface area contributed by atoms with Crippen LogP contribution in [0.15, 0.2) is 47.4 Å². The molecule has 2 N–H and O–H groups in total. The number of nitrogens with one attached hydrogen (secondary N) is 2. The summed E-state index contributed by atoms with van der Waals surface area (Å²) in [5.41, 5.74) is 2.57. The lowest BCUT2D eigenvalue weighted by Crippen LogP contribution is -2.47. The number of hydrogen-bond donors (Lipinski definition) is 2. The van der Waals surface area contributed by atoms with Crippen LogP contribution in [0.1, 0.15) is 31.3 Å². The van der Waals surface area contributed by atoms with Gasteiger partial charge in [-0.25, -0.2) is 13.4 Å². The molecular formula is C21H25N3O3S2. The van der Waals surface area contributed by atoms with Crippen molar-refractivity contribution in [3.8, 4) is 0 Å². The Kier molecular flexibility index (Phi) is 6.36. The lowest BCUT2D eigenvalue weighted by atomic mass is 10.0. The summed E-state index contributed by atoms with van der Waals surface area (Å²) in [6, 6.07) is 11.4. The van der Waals surface area contributed by atoms with Gasteiger partial charge in [-0.2, -0.15) is 4.72 Å². The molecule has 154 valence electrons. The van der Waals surface area contributed by atoms with Gasteiger partial charge in [0, 0.05) is 5.69 Å². The van der Waals surface area contributed by atoms with Crippen LogP contribution in [0.5, 0.6) is 0 Å². The molecule has 8 heteroatoms. The molecule has 3 rings (SSSR count). The molecule has 0 bridgehead atoms. The third-order valence-corrected chi connectivity index (χ3v) is 7.01. The minimum absolute atomic E-state index is 0.124. The Morgan fingerprint density at radius 1 is 1.14 bits per heavy atom. The number of anilines is 1. The topological polar surface area (TPSA) is 88.2 Å². The number of sulfonamides is 1. The monoisotopic (exact) mass is 431 g/mol. The van der Waals surface area contributed by atoms with E-state index in [2.05, 4.69) is 21.9 Å². The molecule has 2 aromatic carbocycles. The van der Waals surface area contributed by atoms with Crippen molar-refractivity contribution in [3.63, 3.8) is 0 Å². The van der Waals surface area contributed by atoms with Crippen molar-refractivity contribution in [1.82, 2.24) is 9.71 Å². The maximum absolute atomic E-state index is 12.9. The minimum atomic E-state index is -3.87. The minimum Gasteiger partial charge on any atom is -0.325 e. The quantitative estimate of drug-likeness (QED) is 0.589. The third kappa shape index (κ3) is 5.01. The number of rotatable bonds is 7. The van der Waals surface area contributed by atoms with Crippen molar-refractivity contribution < 1.29 is 13.2 Å². The molecule has 6 nitrogen and oxygen atoms in total. The van der Waals surface area contributed by atoms with E-state index in [1.165, 1.54) is 17.4 Å². The lowest BCUT2D eigenvalue weighted by molar-refractivity contribution is -0.118. The van der Waals surface area contributed by atoms with Gasteiger partial charge >= 0.3 is 0 Å². The van der Waals surface area contributed by atoms with E-state index in [4.69, 9.17) is 0 Å². The fraction of sp³-hybridized carbons (Fsp3) is 0.333. The molecule has 0 aliphatic heterocycles. The fourth-order valence-corrected chi connectivity index (χ4v) is 5.27. The highest BCUT2D eigenvalue weighted by Crippen LogP contribution is 2.25. The molecule has 1 heterocycles. The second-order valence-corrected chi connectivity index (χ2v) is 10.2. The van der Waals surface area contributed by atoms with Gasteiger partial charge in [0.1, 0.15) is 6.04 Å². The molecule has 0 aliphatic rings. The number of nitrogens with zero attached hydrogens (tertiary/aromatic N) is 1. The molecule has 1 amide bonds. The molecule has 1 aromatic heterocycles. The predicted molar refractivity (Wildman–Crippen MR) is 118 cm³/mol. The smallest absolute Gasteiger partial charge is 0.242 e. The van der Waals surface area contributed by atoms with Crippen LogP contribution >= 0.6 is 11.3 Å². The highest BCUT2D eigenvalue weighted by Gasteiger charge is 2.28. The number of aromatic nitrogens is 1. The molecule has 1 atom stereocenters. The Morgan fingerprint density at radius 2 is 1.83 bits per heavy atom. The Morgan fingerprint density at radius 3 is 2.45 bits per heavy atom. The summed E-state index contributed by atoms with van der Waals surface area (Å²) in [6.07, 6.45) is 0.909. The number of aryl methyl sites for hydroxylation is 2. The first-order valence-electron chi connectivity index (χ1n) is 9.49. The van der Waals surface area contributed by atoms with E-state index in [9.17, 15) is 13.2 Å². The molecular weight excluding hydrogens is 406 g/mol. The number of carbonyl (C=O) groups is 1. The summed E-state index contributed by atoms with van der Waals surface area (Å²) in [6.45, 7) is 7.55. The number of benzene rings is 2. The van der Waals surface area contributed by atoms with Crippen molar-refractivity contribution in [1.29, 1.82) is 0 Å². The van der Waals surface area contributed by atoms with Crippen LogP contribution < -0.4 is 10.0 Å². The molecule has 0 radical (unpaired) electrons. The fourth-order valence-electron chi connectivity index (χ4n) is 2.96. The van der Waals surface area contributed by atoms with Crippen LogP contribution in [0, 0.1) is 12.8 Å². The SMILES string of the molecule is CCc1ccc(NC(=O)[C@@H](NS(=O)(=O)c2ccc3nc(C)sc3c2)C(C)C)cc1. The van der Waals surface area contributed by atoms with Gasteiger partial charge < -0.3 is 5.32 Å². The first-order chi connectivity index (χ1) is 13.7. The van der Waals surface area contributed by atoms with Gasteiger partial charge in [0.05, 0.1) is 20.1 Å². The second-order valence-electron chi connectivity index (χ2n) is 7.25. The van der Waals surface area contributed by atoms with Crippen LogP contribution in [0.2, 0.25) is 0 Å². The van der Waals surface area contributed by atoms with Gasteiger partial charge in [0.2, 0.25) is 15.9 Å². The maximum Gasteiger partial charge on any atom is 0.242 e. The first kappa shape index (κ1) is 21.4. The van der Waals surface area contributed by atoms with Gasteiger partial charge in [-0.15, -0.1) is 11.3 Å². The second kappa shape index (κ2) is 8.61. The summed E-state index contributed by atoms with van der Waals surface area (Å²) in [4.78, 5) is 17.3. The van der Waals surface area contributed by atoms with Crippen LogP contribution in [0.3, 0.4) is 0 Å². The van der Waals surface area contributed by atoms with Crippen molar-refractivity contribution in [2.75, 3.05) is 5.32 Å². The molecule has 0 spiro atoms. The number of hydrogen-bond acceptors (Lipinski definition) is 5. The highest BCUT2D eigenvalue weighted by molar-refractivity contribution is 7.89. The van der Waals surface area contributed by atoms with Crippen LogP contribution in [0.4, 0.5) is 5.69 Å². The van der Waals surface area contributed by atoms with E-state index in [0.29, 0.717) is 5.69 Å². The normalized spacial score (nSPS) is 13.0. The molecule has 3 aromatic rings. The Balaban J connectivity index is 1.80. The van der Waals surface area contributed by atoms with E-state index in [0.717, 1.165) is 27.2 Å². The van der Waals surface area contributed by atoms with Crippen molar-refractivity contribution >= 4 is 43.2 Å². The van der Waals surface area contributed by atoms with Crippen LogP contribution in [-0.4, -0.2) is 25.4 Å².